The van der Waals surface area contributed by atoms with Crippen molar-refractivity contribution in [1.29, 1.82) is 0 Å². The Morgan fingerprint density at radius 1 is 1.25 bits per heavy atom. The first-order chi connectivity index (χ1) is 5.84. The maximum Gasteiger partial charge on any atom is 0.0734 e. The molecule has 0 aromatic heterocycles. The zero-order valence-electron chi connectivity index (χ0n) is 7.11. The first-order valence-electron chi connectivity index (χ1n) is 4.36. The Morgan fingerprint density at radius 2 is 1.92 bits per heavy atom. The van der Waals surface area contributed by atoms with E-state index >= 15 is 0 Å². The van der Waals surface area contributed by atoms with E-state index in [9.17, 15) is 0 Å². The van der Waals surface area contributed by atoms with Crippen LogP contribution in [0.25, 0.3) is 0 Å². The van der Waals surface area contributed by atoms with Gasteiger partial charge in [0.25, 0.3) is 0 Å². The van der Waals surface area contributed by atoms with Gasteiger partial charge in [0, 0.05) is 6.54 Å². The highest BCUT2D eigenvalue weighted by molar-refractivity contribution is 6.12. The van der Waals surface area contributed by atoms with Gasteiger partial charge in [0.2, 0.25) is 0 Å². The summed E-state index contributed by atoms with van der Waals surface area (Å²) in [6.45, 7) is 3.15. The molecule has 2 radical (unpaired) electrons. The molecule has 0 saturated carbocycles. The van der Waals surface area contributed by atoms with Gasteiger partial charge in [0.15, 0.2) is 0 Å². The van der Waals surface area contributed by atoms with Crippen LogP contribution >= 0.6 is 0 Å². The summed E-state index contributed by atoms with van der Waals surface area (Å²) in [5, 5.41) is 0. The van der Waals surface area contributed by atoms with Gasteiger partial charge in [-0.2, -0.15) is 0 Å². The fraction of sp³-hybridized carbons (Fsp3) is 0.400. The SMILES string of the molecule is [B]C1CN(Cc2ccccc2)C1. The first kappa shape index (κ1) is 7.87. The van der Waals surface area contributed by atoms with Crippen LogP contribution in [-0.4, -0.2) is 25.8 Å². The van der Waals surface area contributed by atoms with Gasteiger partial charge in [-0.25, -0.2) is 0 Å². The molecule has 1 saturated heterocycles. The van der Waals surface area contributed by atoms with Crippen LogP contribution in [0.5, 0.6) is 0 Å². The van der Waals surface area contributed by atoms with Crippen molar-refractivity contribution in [2.75, 3.05) is 13.1 Å². The Balaban J connectivity index is 1.88. The molecule has 12 heavy (non-hydrogen) atoms. The van der Waals surface area contributed by atoms with Crippen LogP contribution in [0.4, 0.5) is 0 Å². The molecule has 1 aliphatic rings. The predicted octanol–water partition coefficient (Wildman–Crippen LogP) is 1.46. The largest absolute Gasteiger partial charge is 0.300 e. The van der Waals surface area contributed by atoms with E-state index in [-0.39, 0.29) is 0 Å². The number of hydrogen-bond donors (Lipinski definition) is 0. The Labute approximate surface area is 74.8 Å². The molecular weight excluding hydrogens is 145 g/mol. The van der Waals surface area contributed by atoms with Crippen molar-refractivity contribution in [3.8, 4) is 0 Å². The summed E-state index contributed by atoms with van der Waals surface area (Å²) in [5.41, 5.74) is 1.38. The molecule has 1 fully saturated rings. The van der Waals surface area contributed by atoms with Gasteiger partial charge in [0.1, 0.15) is 0 Å². The quantitative estimate of drug-likeness (QED) is 0.587. The van der Waals surface area contributed by atoms with Crippen LogP contribution in [0.15, 0.2) is 30.3 Å². The molecule has 2 heteroatoms. The van der Waals surface area contributed by atoms with Crippen LogP contribution < -0.4 is 0 Å². The van der Waals surface area contributed by atoms with E-state index in [1.807, 2.05) is 6.07 Å². The minimum absolute atomic E-state index is 0.411. The third-order valence-corrected chi connectivity index (χ3v) is 2.23. The van der Waals surface area contributed by atoms with E-state index in [1.165, 1.54) is 5.56 Å². The molecule has 2 rings (SSSR count). The molecule has 0 bridgehead atoms. The predicted molar refractivity (Wildman–Crippen MR) is 51.2 cm³/mol. The Morgan fingerprint density at radius 3 is 2.50 bits per heavy atom. The molecule has 0 aliphatic carbocycles. The third-order valence-electron chi connectivity index (χ3n) is 2.23. The highest BCUT2D eigenvalue weighted by atomic mass is 15.2. The van der Waals surface area contributed by atoms with Crippen molar-refractivity contribution in [3.63, 3.8) is 0 Å². The molecule has 1 aliphatic heterocycles. The normalized spacial score (nSPS) is 19.0. The summed E-state index contributed by atoms with van der Waals surface area (Å²) in [6, 6.07) is 10.5. The highest BCUT2D eigenvalue weighted by Crippen LogP contribution is 2.19. The summed E-state index contributed by atoms with van der Waals surface area (Å²) in [7, 11) is 5.68. The van der Waals surface area contributed by atoms with Crippen LogP contribution in [-0.2, 0) is 6.54 Å². The monoisotopic (exact) mass is 157 g/mol. The summed E-state index contributed by atoms with van der Waals surface area (Å²) in [4.78, 5) is 2.36. The second-order valence-corrected chi connectivity index (χ2v) is 3.44. The van der Waals surface area contributed by atoms with Crippen molar-refractivity contribution < 1.29 is 0 Å². The van der Waals surface area contributed by atoms with Gasteiger partial charge in [-0.1, -0.05) is 36.1 Å². The number of hydrogen-bond acceptors (Lipinski definition) is 1. The third kappa shape index (κ3) is 1.70. The van der Waals surface area contributed by atoms with Gasteiger partial charge in [0.05, 0.1) is 7.85 Å². The number of benzene rings is 1. The minimum Gasteiger partial charge on any atom is -0.300 e. The van der Waals surface area contributed by atoms with E-state index in [0.717, 1.165) is 19.6 Å². The standard InChI is InChI=1S/C10H12BN/c11-10-7-12(8-10)6-9-4-2-1-3-5-9/h1-5,10H,6-8H2. The zero-order valence-corrected chi connectivity index (χ0v) is 7.11. The Kier molecular flexibility index (Phi) is 2.18. The number of nitrogens with zero attached hydrogens (tertiary/aromatic N) is 1. The maximum atomic E-state index is 5.68. The molecular formula is C10H12BN. The lowest BCUT2D eigenvalue weighted by Crippen LogP contribution is -2.42. The molecule has 0 N–H and O–H groups in total. The molecule has 1 nitrogen and oxygen atoms in total. The lowest BCUT2D eigenvalue weighted by molar-refractivity contribution is 0.174. The van der Waals surface area contributed by atoms with Crippen molar-refractivity contribution in [2.24, 2.45) is 0 Å². The van der Waals surface area contributed by atoms with E-state index in [0.29, 0.717) is 5.82 Å². The summed E-state index contributed by atoms with van der Waals surface area (Å²) in [6.07, 6.45) is 0. The number of likely N-dealkylation sites (tertiary alicyclic amines) is 1. The molecule has 0 unspecified atom stereocenters. The summed E-state index contributed by atoms with van der Waals surface area (Å²) in [5.74, 6) is 0.411. The molecule has 0 spiro atoms. The molecule has 0 amide bonds. The van der Waals surface area contributed by atoms with Crippen molar-refractivity contribution in [3.05, 3.63) is 35.9 Å². The molecule has 1 aromatic rings. The van der Waals surface area contributed by atoms with E-state index in [4.69, 9.17) is 7.85 Å². The van der Waals surface area contributed by atoms with Crippen molar-refractivity contribution in [2.45, 2.75) is 12.4 Å². The lowest BCUT2D eigenvalue weighted by Gasteiger charge is -2.37. The van der Waals surface area contributed by atoms with Crippen LogP contribution in [0, 0.1) is 0 Å². The van der Waals surface area contributed by atoms with Crippen molar-refractivity contribution in [1.82, 2.24) is 4.90 Å². The average molecular weight is 157 g/mol. The Bertz CT molecular complexity index is 241. The van der Waals surface area contributed by atoms with Gasteiger partial charge in [-0.05, 0) is 18.7 Å². The van der Waals surface area contributed by atoms with E-state index in [1.54, 1.807) is 0 Å². The summed E-state index contributed by atoms with van der Waals surface area (Å²) >= 11 is 0. The molecule has 0 atom stereocenters. The Hall–Kier alpha value is -0.755. The fourth-order valence-electron chi connectivity index (χ4n) is 1.58. The highest BCUT2D eigenvalue weighted by Gasteiger charge is 2.21. The number of rotatable bonds is 2. The van der Waals surface area contributed by atoms with Gasteiger partial charge in [-0.3, -0.25) is 4.90 Å². The van der Waals surface area contributed by atoms with Crippen molar-refractivity contribution >= 4 is 7.85 Å². The maximum absolute atomic E-state index is 5.68. The lowest BCUT2D eigenvalue weighted by atomic mass is 9.80. The first-order valence-corrected chi connectivity index (χ1v) is 4.36. The topological polar surface area (TPSA) is 3.24 Å². The smallest absolute Gasteiger partial charge is 0.0734 e. The fourth-order valence-corrected chi connectivity index (χ4v) is 1.58. The van der Waals surface area contributed by atoms with Crippen LogP contribution in [0.2, 0.25) is 5.82 Å². The van der Waals surface area contributed by atoms with E-state index in [2.05, 4.69) is 29.2 Å². The zero-order chi connectivity index (χ0) is 8.39. The minimum atomic E-state index is 0.411. The van der Waals surface area contributed by atoms with Crippen LogP contribution in [0.1, 0.15) is 5.56 Å². The van der Waals surface area contributed by atoms with Gasteiger partial charge in [-0.15, -0.1) is 0 Å². The summed E-state index contributed by atoms with van der Waals surface area (Å²) < 4.78 is 0. The van der Waals surface area contributed by atoms with Crippen LogP contribution in [0.3, 0.4) is 0 Å². The van der Waals surface area contributed by atoms with Gasteiger partial charge < -0.3 is 0 Å². The molecule has 1 aromatic carbocycles. The molecule has 1 heterocycles. The second-order valence-electron chi connectivity index (χ2n) is 3.44. The second kappa shape index (κ2) is 3.32. The van der Waals surface area contributed by atoms with Gasteiger partial charge >= 0.3 is 0 Å². The van der Waals surface area contributed by atoms with E-state index < -0.39 is 0 Å². The average Bonchev–Trinajstić information content (AvgIpc) is 2.04. The molecule has 60 valence electrons.